The third-order valence-corrected chi connectivity index (χ3v) is 7.18. The fourth-order valence-electron chi connectivity index (χ4n) is 5.32. The van der Waals surface area contributed by atoms with E-state index in [1.165, 1.54) is 7.11 Å². The number of rotatable bonds is 10. The molecule has 4 aromatic rings. The molecule has 5 rings (SSSR count). The molecule has 216 valence electrons. The van der Waals surface area contributed by atoms with E-state index in [9.17, 15) is 9.59 Å². The van der Waals surface area contributed by atoms with Gasteiger partial charge in [-0.15, -0.1) is 5.10 Å². The Balaban J connectivity index is 1.47. The Morgan fingerprint density at radius 3 is 2.38 bits per heavy atom. The van der Waals surface area contributed by atoms with Crippen molar-refractivity contribution in [1.82, 2.24) is 15.0 Å². The molecule has 0 saturated heterocycles. The van der Waals surface area contributed by atoms with Gasteiger partial charge in [0.15, 0.2) is 0 Å². The number of carbonyl (C=O) groups excluding carboxylic acids is 2. The van der Waals surface area contributed by atoms with Crippen LogP contribution in [-0.4, -0.2) is 46.4 Å². The number of aryl methyl sites for hydroxylation is 1. The van der Waals surface area contributed by atoms with Crippen LogP contribution in [0.1, 0.15) is 48.2 Å². The van der Waals surface area contributed by atoms with Crippen LogP contribution in [0.2, 0.25) is 0 Å². The molecule has 0 spiro atoms. The second-order valence-corrected chi connectivity index (χ2v) is 10.3. The predicted octanol–water partition coefficient (Wildman–Crippen LogP) is 5.65. The Morgan fingerprint density at radius 1 is 1.00 bits per heavy atom. The number of fused-ring (bicyclic) bond motifs is 5. The van der Waals surface area contributed by atoms with E-state index >= 15 is 0 Å². The van der Waals surface area contributed by atoms with Gasteiger partial charge in [0.25, 0.3) is 5.91 Å². The van der Waals surface area contributed by atoms with Crippen molar-refractivity contribution in [1.29, 1.82) is 0 Å². The lowest BCUT2D eigenvalue weighted by Gasteiger charge is -2.30. The maximum Gasteiger partial charge on any atom is 0.404 e. The molecular weight excluding hydrogens is 532 g/mol. The molecule has 42 heavy (non-hydrogen) atoms. The number of hydrogen-bond donors (Lipinski definition) is 1. The Bertz CT molecular complexity index is 1610. The van der Waals surface area contributed by atoms with E-state index in [-0.39, 0.29) is 18.4 Å². The van der Waals surface area contributed by atoms with E-state index in [0.717, 1.165) is 51.5 Å². The van der Waals surface area contributed by atoms with Crippen molar-refractivity contribution in [3.63, 3.8) is 0 Å². The van der Waals surface area contributed by atoms with Gasteiger partial charge in [-0.05, 0) is 42.0 Å². The van der Waals surface area contributed by atoms with Gasteiger partial charge in [0, 0.05) is 29.8 Å². The quantitative estimate of drug-likeness (QED) is 0.195. The van der Waals surface area contributed by atoms with Crippen molar-refractivity contribution in [2.24, 2.45) is 16.8 Å². The Labute approximate surface area is 244 Å². The summed E-state index contributed by atoms with van der Waals surface area (Å²) in [7, 11) is 1.51. The van der Waals surface area contributed by atoms with E-state index in [4.69, 9.17) is 15.3 Å². The first kappa shape index (κ1) is 28.5. The van der Waals surface area contributed by atoms with E-state index in [1.54, 1.807) is 0 Å². The molecular formula is C32H34N6O4. The molecule has 1 unspecified atom stereocenters. The fourth-order valence-corrected chi connectivity index (χ4v) is 5.32. The monoisotopic (exact) mass is 566 g/mol. The van der Waals surface area contributed by atoms with Crippen LogP contribution in [0.3, 0.4) is 0 Å². The van der Waals surface area contributed by atoms with E-state index in [1.807, 2.05) is 82.4 Å². The molecule has 1 aliphatic heterocycles. The number of aromatic nitrogens is 3. The van der Waals surface area contributed by atoms with Crippen LogP contribution in [-0.2, 0) is 22.7 Å². The molecule has 2 N–H and O–H groups in total. The van der Waals surface area contributed by atoms with Gasteiger partial charge >= 0.3 is 6.09 Å². The SMILES string of the molecule is CCCn1nnc2c1-c1ccccc1C(=O)N(CC(C)C/C(=N\OC)c1ccc(COC(N)=O)cc1)c1ccccc1-2. The van der Waals surface area contributed by atoms with Gasteiger partial charge in [-0.1, -0.05) is 84.9 Å². The minimum absolute atomic E-state index is 0.00982. The zero-order chi connectivity index (χ0) is 29.6. The van der Waals surface area contributed by atoms with Crippen LogP contribution < -0.4 is 10.6 Å². The van der Waals surface area contributed by atoms with Crippen molar-refractivity contribution in [3.8, 4) is 22.5 Å². The lowest BCUT2D eigenvalue weighted by Crippen LogP contribution is -2.36. The summed E-state index contributed by atoms with van der Waals surface area (Å²) in [5.74, 6) is -0.0700. The number of ether oxygens (including phenoxy) is 1. The highest BCUT2D eigenvalue weighted by Gasteiger charge is 2.32. The molecule has 10 nitrogen and oxygen atoms in total. The lowest BCUT2D eigenvalue weighted by atomic mass is 9.93. The molecule has 2 amide bonds. The molecule has 10 heteroatoms. The molecule has 1 aromatic heterocycles. The first-order chi connectivity index (χ1) is 20.4. The highest BCUT2D eigenvalue weighted by atomic mass is 16.6. The zero-order valence-electron chi connectivity index (χ0n) is 24.0. The molecule has 0 bridgehead atoms. The number of hydrogen-bond acceptors (Lipinski definition) is 7. The zero-order valence-corrected chi connectivity index (χ0v) is 24.0. The van der Waals surface area contributed by atoms with Gasteiger partial charge in [0.1, 0.15) is 19.4 Å². The number of carbonyl (C=O) groups is 2. The van der Waals surface area contributed by atoms with Crippen LogP contribution >= 0.6 is 0 Å². The van der Waals surface area contributed by atoms with Crippen molar-refractivity contribution < 1.29 is 19.2 Å². The maximum absolute atomic E-state index is 14.3. The van der Waals surface area contributed by atoms with Crippen molar-refractivity contribution >= 4 is 23.4 Å². The normalized spacial score (nSPS) is 13.4. The number of para-hydroxylation sites is 1. The second-order valence-electron chi connectivity index (χ2n) is 10.3. The predicted molar refractivity (Wildman–Crippen MR) is 161 cm³/mol. The van der Waals surface area contributed by atoms with Gasteiger partial charge in [0.05, 0.1) is 17.1 Å². The maximum atomic E-state index is 14.3. The molecule has 2 heterocycles. The number of primary amides is 1. The summed E-state index contributed by atoms with van der Waals surface area (Å²) in [5.41, 5.74) is 12.2. The molecule has 1 atom stereocenters. The Hall–Kier alpha value is -4.99. The number of benzene rings is 3. The van der Waals surface area contributed by atoms with Crippen molar-refractivity contribution in [3.05, 3.63) is 89.5 Å². The van der Waals surface area contributed by atoms with Gasteiger partial charge in [-0.25, -0.2) is 9.48 Å². The number of amides is 2. The molecule has 0 fully saturated rings. The summed E-state index contributed by atoms with van der Waals surface area (Å²) in [6, 6.07) is 23.1. The van der Waals surface area contributed by atoms with Crippen LogP contribution in [0.25, 0.3) is 22.5 Å². The topological polar surface area (TPSA) is 125 Å². The summed E-state index contributed by atoms with van der Waals surface area (Å²) >= 11 is 0. The van der Waals surface area contributed by atoms with Crippen LogP contribution in [0, 0.1) is 5.92 Å². The fraction of sp³-hybridized carbons (Fsp3) is 0.281. The van der Waals surface area contributed by atoms with Crippen molar-refractivity contribution in [2.75, 3.05) is 18.6 Å². The lowest BCUT2D eigenvalue weighted by molar-refractivity contribution is 0.0984. The number of nitrogens with zero attached hydrogens (tertiary/aromatic N) is 5. The minimum atomic E-state index is -0.820. The summed E-state index contributed by atoms with van der Waals surface area (Å²) in [5, 5.41) is 13.4. The first-order valence-electron chi connectivity index (χ1n) is 14.0. The minimum Gasteiger partial charge on any atom is -0.445 e. The second kappa shape index (κ2) is 12.7. The van der Waals surface area contributed by atoms with Crippen LogP contribution in [0.4, 0.5) is 10.5 Å². The van der Waals surface area contributed by atoms with Gasteiger partial charge in [-0.3, -0.25) is 4.79 Å². The summed E-state index contributed by atoms with van der Waals surface area (Å²) < 4.78 is 6.78. The van der Waals surface area contributed by atoms with Gasteiger partial charge in [0.2, 0.25) is 0 Å². The number of nitrogens with two attached hydrogens (primary N) is 1. The summed E-state index contributed by atoms with van der Waals surface area (Å²) in [6.45, 7) is 5.42. The molecule has 0 radical (unpaired) electrons. The third kappa shape index (κ3) is 5.88. The van der Waals surface area contributed by atoms with E-state index in [0.29, 0.717) is 25.1 Å². The molecule has 0 saturated carbocycles. The number of anilines is 1. The highest BCUT2D eigenvalue weighted by molar-refractivity contribution is 6.14. The smallest absolute Gasteiger partial charge is 0.404 e. The standard InChI is InChI=1S/C32H34N6O4/c1-4-17-38-30-24-9-5-6-10-25(24)31(39)37(28-12-8-7-11-26(28)29(30)34-36-38)19-21(2)18-27(35-41-3)23-15-13-22(14-16-23)20-42-32(33)40/h5-16,21H,4,17-20H2,1-3H3,(H2,33,40)/b35-27+. The largest absolute Gasteiger partial charge is 0.445 e. The average Bonchev–Trinajstić information content (AvgIpc) is 3.41. The average molecular weight is 567 g/mol. The number of oxime groups is 1. The third-order valence-electron chi connectivity index (χ3n) is 7.18. The van der Waals surface area contributed by atoms with Crippen LogP contribution in [0.5, 0.6) is 0 Å². The van der Waals surface area contributed by atoms with E-state index in [2.05, 4.69) is 29.3 Å². The van der Waals surface area contributed by atoms with E-state index < -0.39 is 6.09 Å². The first-order valence-corrected chi connectivity index (χ1v) is 14.0. The van der Waals surface area contributed by atoms with Crippen molar-refractivity contribution in [2.45, 2.75) is 39.8 Å². The molecule has 3 aromatic carbocycles. The Kier molecular flexibility index (Phi) is 8.61. The molecule has 0 aliphatic carbocycles. The molecule has 1 aliphatic rings. The highest BCUT2D eigenvalue weighted by Crippen LogP contribution is 2.41. The van der Waals surface area contributed by atoms with Crippen LogP contribution in [0.15, 0.2) is 78.0 Å². The summed E-state index contributed by atoms with van der Waals surface area (Å²) in [6.07, 6.45) is 0.627. The Morgan fingerprint density at radius 2 is 1.69 bits per heavy atom. The van der Waals surface area contributed by atoms with Gasteiger partial charge in [-0.2, -0.15) is 0 Å². The van der Waals surface area contributed by atoms with Gasteiger partial charge < -0.3 is 20.2 Å². The summed E-state index contributed by atoms with van der Waals surface area (Å²) in [4.78, 5) is 32.3.